The molecule has 0 atom stereocenters. The number of fused-ring (bicyclic) bond motifs is 1. The molecule has 0 amide bonds. The summed E-state index contributed by atoms with van der Waals surface area (Å²) in [7, 11) is 0. The highest BCUT2D eigenvalue weighted by molar-refractivity contribution is 7.18. The van der Waals surface area contributed by atoms with E-state index in [-0.39, 0.29) is 11.1 Å². The van der Waals surface area contributed by atoms with Gasteiger partial charge in [-0.15, -0.1) is 11.3 Å². The van der Waals surface area contributed by atoms with Gasteiger partial charge >= 0.3 is 5.97 Å². The van der Waals surface area contributed by atoms with E-state index in [1.807, 2.05) is 0 Å². The number of phenols is 1. The quantitative estimate of drug-likeness (QED) is 0.853. The van der Waals surface area contributed by atoms with E-state index < -0.39 is 23.2 Å². The van der Waals surface area contributed by atoms with Gasteiger partial charge in [0, 0.05) is 0 Å². The molecule has 16 heavy (non-hydrogen) atoms. The number of hydrogen-bond acceptors (Lipinski definition) is 4. The monoisotopic (exact) mass is 245 g/mol. The number of nitrogens with zero attached hydrogens (tertiary/aromatic N) is 1. The lowest BCUT2D eigenvalue weighted by Crippen LogP contribution is -1.96. The van der Waals surface area contributed by atoms with Crippen LogP contribution in [0.3, 0.4) is 0 Å². The summed E-state index contributed by atoms with van der Waals surface area (Å²) < 4.78 is 25.0. The topological polar surface area (TPSA) is 70.4 Å². The lowest BCUT2D eigenvalue weighted by atomic mass is 10.2. The molecule has 1 aromatic carbocycles. The van der Waals surface area contributed by atoms with E-state index >= 15 is 0 Å². The predicted molar refractivity (Wildman–Crippen MR) is 53.2 cm³/mol. The average Bonchev–Trinajstić information content (AvgIpc) is 2.62. The summed E-state index contributed by atoms with van der Waals surface area (Å²) in [5.41, 5.74) is -0.446. The van der Waals surface area contributed by atoms with Gasteiger partial charge in [0.15, 0.2) is 10.8 Å². The van der Waals surface area contributed by atoms with Crippen LogP contribution in [0.2, 0.25) is 0 Å². The number of aromatic carboxylic acids is 1. The summed E-state index contributed by atoms with van der Waals surface area (Å²) in [6.45, 7) is 0. The Labute approximate surface area is 91.8 Å². The van der Waals surface area contributed by atoms with Crippen molar-refractivity contribution in [2.75, 3.05) is 0 Å². The van der Waals surface area contributed by atoms with Gasteiger partial charge in [0.05, 0.1) is 4.70 Å². The molecule has 4 nitrogen and oxygen atoms in total. The lowest BCUT2D eigenvalue weighted by molar-refractivity contribution is 0.0694. The number of thiazole rings is 1. The van der Waals surface area contributed by atoms with Crippen molar-refractivity contribution in [1.29, 1.82) is 0 Å². The van der Waals surface area contributed by atoms with Gasteiger partial charge in [-0.1, -0.05) is 0 Å². The Morgan fingerprint density at radius 2 is 2.12 bits per heavy atom. The second-order valence-corrected chi connectivity index (χ2v) is 4.03. The Kier molecular flexibility index (Phi) is 2.47. The van der Waals surface area contributed by atoms with Crippen molar-refractivity contribution < 1.29 is 23.8 Å². The number of benzene rings is 1. The van der Waals surface area contributed by atoms with Crippen molar-refractivity contribution in [2.45, 2.75) is 6.43 Å². The minimum absolute atomic E-state index is 0.0970. The largest absolute Gasteiger partial charge is 0.505 e. The van der Waals surface area contributed by atoms with E-state index in [0.29, 0.717) is 4.70 Å². The van der Waals surface area contributed by atoms with Crippen molar-refractivity contribution in [2.24, 2.45) is 0 Å². The normalized spacial score (nSPS) is 11.2. The minimum atomic E-state index is -2.73. The summed E-state index contributed by atoms with van der Waals surface area (Å²) in [6, 6.07) is 2.51. The maximum absolute atomic E-state index is 12.3. The Balaban J connectivity index is 2.69. The first-order chi connectivity index (χ1) is 7.50. The van der Waals surface area contributed by atoms with Gasteiger partial charge in [-0.05, 0) is 12.1 Å². The number of aromatic nitrogens is 1. The number of carbonyl (C=O) groups is 1. The van der Waals surface area contributed by atoms with Gasteiger partial charge < -0.3 is 10.2 Å². The van der Waals surface area contributed by atoms with Gasteiger partial charge in [0.2, 0.25) is 0 Å². The molecule has 0 spiro atoms. The van der Waals surface area contributed by atoms with Crippen LogP contribution in [0.1, 0.15) is 21.8 Å². The van der Waals surface area contributed by atoms with Crippen LogP contribution < -0.4 is 0 Å². The third-order valence-electron chi connectivity index (χ3n) is 1.97. The first-order valence-corrected chi connectivity index (χ1v) is 4.96. The third kappa shape index (κ3) is 1.58. The number of carboxylic acids is 1. The molecule has 0 fully saturated rings. The van der Waals surface area contributed by atoms with Crippen LogP contribution in [0, 0.1) is 0 Å². The molecule has 84 valence electrons. The first-order valence-electron chi connectivity index (χ1n) is 4.14. The van der Waals surface area contributed by atoms with Crippen LogP contribution in [0.4, 0.5) is 8.78 Å². The fourth-order valence-corrected chi connectivity index (χ4v) is 2.09. The molecule has 0 aliphatic heterocycles. The maximum Gasteiger partial charge on any atom is 0.339 e. The summed E-state index contributed by atoms with van der Waals surface area (Å²) in [5, 5.41) is 17.8. The Morgan fingerprint density at radius 3 is 2.69 bits per heavy atom. The number of alkyl halides is 2. The SMILES string of the molecule is O=C(O)c1ccc2sc(C(F)F)nc2c1O. The van der Waals surface area contributed by atoms with E-state index in [0.717, 1.165) is 17.4 Å². The van der Waals surface area contributed by atoms with Crippen molar-refractivity contribution in [1.82, 2.24) is 4.98 Å². The molecule has 1 heterocycles. The zero-order chi connectivity index (χ0) is 11.9. The smallest absolute Gasteiger partial charge is 0.339 e. The van der Waals surface area contributed by atoms with Crippen LogP contribution in [-0.4, -0.2) is 21.2 Å². The maximum atomic E-state index is 12.3. The van der Waals surface area contributed by atoms with Gasteiger partial charge in [-0.25, -0.2) is 18.6 Å². The van der Waals surface area contributed by atoms with Crippen LogP contribution >= 0.6 is 11.3 Å². The average molecular weight is 245 g/mol. The Hall–Kier alpha value is -1.76. The fourth-order valence-electron chi connectivity index (χ4n) is 1.26. The van der Waals surface area contributed by atoms with Gasteiger partial charge in [0.1, 0.15) is 11.1 Å². The molecule has 1 aromatic heterocycles. The van der Waals surface area contributed by atoms with Crippen LogP contribution in [-0.2, 0) is 0 Å². The predicted octanol–water partition coefficient (Wildman–Crippen LogP) is 2.64. The third-order valence-corrected chi connectivity index (χ3v) is 3.00. The van der Waals surface area contributed by atoms with Crippen molar-refractivity contribution >= 4 is 27.5 Å². The molecule has 0 saturated heterocycles. The molecule has 0 radical (unpaired) electrons. The van der Waals surface area contributed by atoms with Crippen LogP contribution in [0.5, 0.6) is 5.75 Å². The number of carboxylic acid groups (broad SMARTS) is 1. The van der Waals surface area contributed by atoms with Gasteiger partial charge in [0.25, 0.3) is 6.43 Å². The standard InChI is InChI=1S/C9H5F2NO3S/c10-7(11)8-12-5-4(16-8)2-1-3(6(5)13)9(14)15/h1-2,7,13H,(H,14,15). The van der Waals surface area contributed by atoms with Gasteiger partial charge in [-0.3, -0.25) is 0 Å². The number of hydrogen-bond donors (Lipinski definition) is 2. The minimum Gasteiger partial charge on any atom is -0.505 e. The van der Waals surface area contributed by atoms with E-state index in [4.69, 9.17) is 5.11 Å². The van der Waals surface area contributed by atoms with Crippen molar-refractivity contribution in [3.8, 4) is 5.75 Å². The number of halogens is 2. The molecule has 0 saturated carbocycles. The molecule has 2 aromatic rings. The summed E-state index contributed by atoms with van der Waals surface area (Å²) in [4.78, 5) is 14.2. The Morgan fingerprint density at radius 1 is 1.44 bits per heavy atom. The summed E-state index contributed by atoms with van der Waals surface area (Å²) in [6.07, 6.45) is -2.73. The van der Waals surface area contributed by atoms with Crippen molar-refractivity contribution in [3.05, 3.63) is 22.7 Å². The van der Waals surface area contributed by atoms with E-state index in [2.05, 4.69) is 4.98 Å². The molecule has 0 unspecified atom stereocenters. The highest BCUT2D eigenvalue weighted by atomic mass is 32.1. The Bertz CT molecular complexity index is 567. The zero-order valence-electron chi connectivity index (χ0n) is 7.65. The lowest BCUT2D eigenvalue weighted by Gasteiger charge is -1.98. The summed E-state index contributed by atoms with van der Waals surface area (Å²) in [5.74, 6) is -1.90. The molecule has 0 bridgehead atoms. The fraction of sp³-hybridized carbons (Fsp3) is 0.111. The molecule has 2 N–H and O–H groups in total. The highest BCUT2D eigenvalue weighted by Gasteiger charge is 2.19. The molecule has 2 rings (SSSR count). The van der Waals surface area contributed by atoms with E-state index in [1.165, 1.54) is 6.07 Å². The van der Waals surface area contributed by atoms with E-state index in [9.17, 15) is 18.7 Å². The van der Waals surface area contributed by atoms with Crippen molar-refractivity contribution in [3.63, 3.8) is 0 Å². The first kappa shape index (κ1) is 10.7. The van der Waals surface area contributed by atoms with Crippen LogP contribution in [0.15, 0.2) is 12.1 Å². The summed E-state index contributed by atoms with van der Waals surface area (Å²) >= 11 is 0.726. The molecule has 0 aliphatic rings. The second kappa shape index (κ2) is 3.67. The van der Waals surface area contributed by atoms with Gasteiger partial charge in [-0.2, -0.15) is 0 Å². The second-order valence-electron chi connectivity index (χ2n) is 2.97. The molecule has 7 heteroatoms. The van der Waals surface area contributed by atoms with E-state index in [1.54, 1.807) is 0 Å². The molecular weight excluding hydrogens is 240 g/mol. The number of rotatable bonds is 2. The number of aromatic hydroxyl groups is 1. The van der Waals surface area contributed by atoms with Crippen LogP contribution in [0.25, 0.3) is 10.2 Å². The highest BCUT2D eigenvalue weighted by Crippen LogP contribution is 2.35. The molecule has 0 aliphatic carbocycles. The zero-order valence-corrected chi connectivity index (χ0v) is 8.46. The molecular formula is C9H5F2NO3S.